The largest absolute Gasteiger partial charge is 0.316 e. The van der Waals surface area contributed by atoms with Crippen molar-refractivity contribution in [2.24, 2.45) is 13.0 Å². The fourth-order valence-corrected chi connectivity index (χ4v) is 1.09. The van der Waals surface area contributed by atoms with E-state index in [1.807, 2.05) is 7.05 Å². The van der Waals surface area contributed by atoms with Gasteiger partial charge in [-0.1, -0.05) is 13.8 Å². The van der Waals surface area contributed by atoms with Crippen LogP contribution < -0.4 is 5.32 Å². The average Bonchev–Trinajstić information content (AvgIpc) is 2.45. The zero-order valence-electron chi connectivity index (χ0n) is 8.62. The molecule has 1 aromatic rings. The molecule has 0 unspecified atom stereocenters. The first-order valence-corrected chi connectivity index (χ1v) is 4.73. The van der Waals surface area contributed by atoms with E-state index in [9.17, 15) is 0 Å². The Kier molecular flexibility index (Phi) is 3.89. The lowest BCUT2D eigenvalue weighted by Gasteiger charge is -2.04. The van der Waals surface area contributed by atoms with E-state index in [-0.39, 0.29) is 0 Å². The van der Waals surface area contributed by atoms with Crippen molar-refractivity contribution in [2.45, 2.75) is 20.3 Å². The molecule has 1 rings (SSSR count). The summed E-state index contributed by atoms with van der Waals surface area (Å²) in [5.74, 6) is 1.62. The predicted octanol–water partition coefficient (Wildman–Crippen LogP) is 0.603. The topological polar surface area (TPSA) is 42.7 Å². The lowest BCUT2D eigenvalue weighted by molar-refractivity contribution is 0.549. The molecule has 0 saturated carbocycles. The molecule has 4 nitrogen and oxygen atoms in total. The highest BCUT2D eigenvalue weighted by molar-refractivity contribution is 4.81. The standard InChI is InChI=1S/C9H18N4/c1-8(2)6-10-5-4-9-11-7-13(3)12-9/h7-8,10H,4-6H2,1-3H3. The molecular formula is C9H18N4. The summed E-state index contributed by atoms with van der Waals surface area (Å²) in [5.41, 5.74) is 0. The maximum atomic E-state index is 4.19. The molecule has 0 spiro atoms. The third-order valence-electron chi connectivity index (χ3n) is 1.73. The third kappa shape index (κ3) is 4.03. The van der Waals surface area contributed by atoms with Gasteiger partial charge in [0, 0.05) is 20.0 Å². The molecule has 1 heterocycles. The molecule has 13 heavy (non-hydrogen) atoms. The van der Waals surface area contributed by atoms with E-state index in [0.717, 1.165) is 25.3 Å². The first-order chi connectivity index (χ1) is 6.18. The molecule has 0 aliphatic rings. The summed E-state index contributed by atoms with van der Waals surface area (Å²) in [6.45, 7) is 6.42. The molecule has 0 bridgehead atoms. The highest BCUT2D eigenvalue weighted by atomic mass is 15.3. The molecule has 0 fully saturated rings. The average molecular weight is 182 g/mol. The van der Waals surface area contributed by atoms with Gasteiger partial charge in [-0.05, 0) is 12.5 Å². The lowest BCUT2D eigenvalue weighted by Crippen LogP contribution is -2.22. The van der Waals surface area contributed by atoms with Crippen molar-refractivity contribution < 1.29 is 0 Å². The van der Waals surface area contributed by atoms with E-state index in [1.54, 1.807) is 11.0 Å². The summed E-state index contributed by atoms with van der Waals surface area (Å²) in [7, 11) is 1.89. The van der Waals surface area contributed by atoms with Crippen molar-refractivity contribution in [3.8, 4) is 0 Å². The SMILES string of the molecule is CC(C)CNCCc1ncn(C)n1. The Morgan fingerprint density at radius 3 is 2.85 bits per heavy atom. The van der Waals surface area contributed by atoms with Gasteiger partial charge < -0.3 is 5.32 Å². The molecule has 4 heteroatoms. The highest BCUT2D eigenvalue weighted by Crippen LogP contribution is 1.90. The molecule has 0 aromatic carbocycles. The van der Waals surface area contributed by atoms with E-state index in [1.165, 1.54) is 0 Å². The summed E-state index contributed by atoms with van der Waals surface area (Å²) in [5, 5.41) is 7.55. The fourth-order valence-electron chi connectivity index (χ4n) is 1.09. The van der Waals surface area contributed by atoms with Crippen molar-refractivity contribution in [1.82, 2.24) is 20.1 Å². The van der Waals surface area contributed by atoms with Crippen LogP contribution in [-0.2, 0) is 13.5 Å². The Labute approximate surface area is 79.4 Å². The third-order valence-corrected chi connectivity index (χ3v) is 1.73. The summed E-state index contributed by atoms with van der Waals surface area (Å²) in [6, 6.07) is 0. The van der Waals surface area contributed by atoms with Crippen LogP contribution in [0.25, 0.3) is 0 Å². The molecule has 0 radical (unpaired) electrons. The van der Waals surface area contributed by atoms with E-state index in [4.69, 9.17) is 0 Å². The zero-order chi connectivity index (χ0) is 9.68. The van der Waals surface area contributed by atoms with Crippen molar-refractivity contribution in [1.29, 1.82) is 0 Å². The summed E-state index contributed by atoms with van der Waals surface area (Å²) in [4.78, 5) is 4.14. The molecule has 0 saturated heterocycles. The molecule has 0 atom stereocenters. The van der Waals surface area contributed by atoms with Crippen LogP contribution in [-0.4, -0.2) is 27.9 Å². The quantitative estimate of drug-likeness (QED) is 0.678. The van der Waals surface area contributed by atoms with Crippen LogP contribution in [0.4, 0.5) is 0 Å². The number of rotatable bonds is 5. The normalized spacial score (nSPS) is 11.1. The first-order valence-electron chi connectivity index (χ1n) is 4.73. The van der Waals surface area contributed by atoms with Gasteiger partial charge >= 0.3 is 0 Å². The van der Waals surface area contributed by atoms with Crippen LogP contribution in [0, 0.1) is 5.92 Å². The van der Waals surface area contributed by atoms with Gasteiger partial charge in [0.25, 0.3) is 0 Å². The minimum atomic E-state index is 0.705. The minimum absolute atomic E-state index is 0.705. The molecular weight excluding hydrogens is 164 g/mol. The van der Waals surface area contributed by atoms with Gasteiger partial charge in [0.15, 0.2) is 5.82 Å². The summed E-state index contributed by atoms with van der Waals surface area (Å²) < 4.78 is 1.73. The smallest absolute Gasteiger partial charge is 0.151 e. The van der Waals surface area contributed by atoms with E-state index in [0.29, 0.717) is 5.92 Å². The maximum absolute atomic E-state index is 4.19. The lowest BCUT2D eigenvalue weighted by atomic mass is 10.2. The number of nitrogens with zero attached hydrogens (tertiary/aromatic N) is 3. The van der Waals surface area contributed by atoms with Crippen molar-refractivity contribution in [2.75, 3.05) is 13.1 Å². The van der Waals surface area contributed by atoms with Gasteiger partial charge in [0.2, 0.25) is 0 Å². The second-order valence-corrected chi connectivity index (χ2v) is 3.68. The van der Waals surface area contributed by atoms with Crippen LogP contribution in [0.2, 0.25) is 0 Å². The van der Waals surface area contributed by atoms with E-state index in [2.05, 4.69) is 29.2 Å². The number of nitrogens with one attached hydrogen (secondary N) is 1. The maximum Gasteiger partial charge on any atom is 0.151 e. The second kappa shape index (κ2) is 4.97. The Morgan fingerprint density at radius 1 is 1.54 bits per heavy atom. The molecule has 0 aliphatic carbocycles. The monoisotopic (exact) mass is 182 g/mol. The van der Waals surface area contributed by atoms with Gasteiger partial charge in [0.05, 0.1) is 0 Å². The molecule has 0 aliphatic heterocycles. The number of hydrogen-bond acceptors (Lipinski definition) is 3. The Morgan fingerprint density at radius 2 is 2.31 bits per heavy atom. The van der Waals surface area contributed by atoms with E-state index < -0.39 is 0 Å². The van der Waals surface area contributed by atoms with Gasteiger partial charge in [-0.25, -0.2) is 4.98 Å². The van der Waals surface area contributed by atoms with Crippen molar-refractivity contribution in [3.05, 3.63) is 12.2 Å². The number of aryl methyl sites for hydroxylation is 1. The van der Waals surface area contributed by atoms with Gasteiger partial charge in [-0.3, -0.25) is 4.68 Å². The first kappa shape index (κ1) is 10.2. The fraction of sp³-hybridized carbons (Fsp3) is 0.778. The van der Waals surface area contributed by atoms with Gasteiger partial charge in [-0.2, -0.15) is 5.10 Å². The van der Waals surface area contributed by atoms with Gasteiger partial charge in [0.1, 0.15) is 6.33 Å². The Balaban J connectivity index is 2.13. The minimum Gasteiger partial charge on any atom is -0.316 e. The molecule has 1 N–H and O–H groups in total. The van der Waals surface area contributed by atoms with Crippen LogP contribution in [0.1, 0.15) is 19.7 Å². The number of hydrogen-bond donors (Lipinski definition) is 1. The Hall–Kier alpha value is -0.900. The molecule has 0 amide bonds. The van der Waals surface area contributed by atoms with Crippen molar-refractivity contribution in [3.63, 3.8) is 0 Å². The van der Waals surface area contributed by atoms with Crippen LogP contribution >= 0.6 is 0 Å². The highest BCUT2D eigenvalue weighted by Gasteiger charge is 1.98. The Bertz CT molecular complexity index is 242. The van der Waals surface area contributed by atoms with Crippen LogP contribution in [0.15, 0.2) is 6.33 Å². The van der Waals surface area contributed by atoms with Crippen LogP contribution in [0.3, 0.4) is 0 Å². The molecule has 74 valence electrons. The molecule has 1 aromatic heterocycles. The number of aromatic nitrogens is 3. The van der Waals surface area contributed by atoms with E-state index >= 15 is 0 Å². The van der Waals surface area contributed by atoms with Crippen LogP contribution in [0.5, 0.6) is 0 Å². The predicted molar refractivity (Wildman–Crippen MR) is 52.4 cm³/mol. The van der Waals surface area contributed by atoms with Crippen molar-refractivity contribution >= 4 is 0 Å². The van der Waals surface area contributed by atoms with Gasteiger partial charge in [-0.15, -0.1) is 0 Å². The second-order valence-electron chi connectivity index (χ2n) is 3.68. The summed E-state index contributed by atoms with van der Waals surface area (Å²) >= 11 is 0. The zero-order valence-corrected chi connectivity index (χ0v) is 8.62. The summed E-state index contributed by atoms with van der Waals surface area (Å²) in [6.07, 6.45) is 2.64.